The fourth-order valence-electron chi connectivity index (χ4n) is 1.93. The van der Waals surface area contributed by atoms with Gasteiger partial charge >= 0.3 is 12.3 Å². The van der Waals surface area contributed by atoms with Gasteiger partial charge in [-0.05, 0) is 39.7 Å². The van der Waals surface area contributed by atoms with Crippen molar-refractivity contribution in [3.63, 3.8) is 0 Å². The second-order valence-corrected chi connectivity index (χ2v) is 5.43. The number of nitrogens with one attached hydrogen (secondary N) is 1. The Kier molecular flexibility index (Phi) is 4.46. The monoisotopic (exact) mass is 364 g/mol. The first-order chi connectivity index (χ1) is 9.77. The smallest absolute Gasteiger partial charge is 0.416 e. The summed E-state index contributed by atoms with van der Waals surface area (Å²) in [7, 11) is 0. The molecule has 0 saturated carbocycles. The molecule has 21 heavy (non-hydrogen) atoms. The highest BCUT2D eigenvalue weighted by molar-refractivity contribution is 9.10. The summed E-state index contributed by atoms with van der Waals surface area (Å²) in [6, 6.07) is 3.35. The Labute approximate surface area is 127 Å². The number of anilines is 1. The van der Waals surface area contributed by atoms with Gasteiger partial charge in [-0.2, -0.15) is 13.2 Å². The molecule has 0 aliphatic carbocycles. The molecule has 0 aromatic heterocycles. The zero-order valence-corrected chi connectivity index (χ0v) is 12.3. The van der Waals surface area contributed by atoms with Gasteiger partial charge in [0.05, 0.1) is 5.56 Å². The van der Waals surface area contributed by atoms with Crippen LogP contribution in [-0.2, 0) is 6.18 Å². The van der Waals surface area contributed by atoms with Crippen molar-refractivity contribution in [3.8, 4) is 0 Å². The fraction of sp³-hybridized carbons (Fsp3) is 0.308. The highest BCUT2D eigenvalue weighted by atomic mass is 79.9. The van der Waals surface area contributed by atoms with E-state index in [1.807, 2.05) is 0 Å². The van der Waals surface area contributed by atoms with Crippen LogP contribution in [0.15, 0.2) is 34.3 Å². The number of nitrogens with zero attached hydrogens (tertiary/aromatic N) is 1. The molecule has 0 fully saturated rings. The summed E-state index contributed by atoms with van der Waals surface area (Å²) in [6.45, 7) is 1.02. The molecule has 1 aromatic carbocycles. The minimum Gasteiger partial charge on any atom is -0.465 e. The zero-order chi connectivity index (χ0) is 15.6. The maximum Gasteiger partial charge on any atom is 0.416 e. The number of benzene rings is 1. The normalized spacial score (nSPS) is 15.0. The number of alkyl halides is 3. The van der Waals surface area contributed by atoms with Gasteiger partial charge in [0, 0.05) is 29.8 Å². The first kappa shape index (κ1) is 15.7. The van der Waals surface area contributed by atoms with Crippen molar-refractivity contribution in [2.75, 3.05) is 25.0 Å². The summed E-state index contributed by atoms with van der Waals surface area (Å²) in [5, 5.41) is 11.8. The number of hydrogen-bond donors (Lipinski definition) is 2. The van der Waals surface area contributed by atoms with Crippen molar-refractivity contribution >= 4 is 27.7 Å². The molecule has 0 atom stereocenters. The number of halogens is 4. The van der Waals surface area contributed by atoms with E-state index in [1.165, 1.54) is 11.0 Å². The molecule has 1 aromatic rings. The summed E-state index contributed by atoms with van der Waals surface area (Å²) in [5.74, 6) is 0. The van der Waals surface area contributed by atoms with Gasteiger partial charge in [0.1, 0.15) is 0 Å². The van der Waals surface area contributed by atoms with Gasteiger partial charge in [-0.1, -0.05) is 6.08 Å². The topological polar surface area (TPSA) is 52.6 Å². The van der Waals surface area contributed by atoms with Crippen LogP contribution >= 0.6 is 15.9 Å². The predicted octanol–water partition coefficient (Wildman–Crippen LogP) is 3.80. The molecule has 1 amide bonds. The Morgan fingerprint density at radius 1 is 1.43 bits per heavy atom. The van der Waals surface area contributed by atoms with Gasteiger partial charge in [0.25, 0.3) is 0 Å². The van der Waals surface area contributed by atoms with E-state index >= 15 is 0 Å². The van der Waals surface area contributed by atoms with Gasteiger partial charge < -0.3 is 15.3 Å². The predicted molar refractivity (Wildman–Crippen MR) is 75.3 cm³/mol. The van der Waals surface area contributed by atoms with Crippen LogP contribution in [0.25, 0.3) is 0 Å². The third-order valence-electron chi connectivity index (χ3n) is 3.07. The second-order valence-electron chi connectivity index (χ2n) is 4.57. The molecule has 114 valence electrons. The van der Waals surface area contributed by atoms with E-state index in [2.05, 4.69) is 21.2 Å². The van der Waals surface area contributed by atoms with Crippen molar-refractivity contribution in [2.24, 2.45) is 0 Å². The Hall–Kier alpha value is -1.70. The molecule has 8 heteroatoms. The van der Waals surface area contributed by atoms with Crippen molar-refractivity contribution in [1.82, 2.24) is 4.90 Å². The Bertz CT molecular complexity index is 587. The van der Waals surface area contributed by atoms with Gasteiger partial charge in [-0.3, -0.25) is 0 Å². The van der Waals surface area contributed by atoms with Gasteiger partial charge in [0.15, 0.2) is 0 Å². The van der Waals surface area contributed by atoms with E-state index in [-0.39, 0.29) is 0 Å². The van der Waals surface area contributed by atoms with Crippen LogP contribution in [0.5, 0.6) is 0 Å². The molecule has 2 N–H and O–H groups in total. The average molecular weight is 365 g/mol. The van der Waals surface area contributed by atoms with Crippen molar-refractivity contribution < 1.29 is 23.1 Å². The molecular weight excluding hydrogens is 353 g/mol. The molecule has 0 saturated heterocycles. The van der Waals surface area contributed by atoms with Crippen molar-refractivity contribution in [3.05, 3.63) is 39.9 Å². The minimum absolute atomic E-state index is 0.306. The summed E-state index contributed by atoms with van der Waals surface area (Å²) in [4.78, 5) is 12.0. The number of carboxylic acid groups (broad SMARTS) is 1. The van der Waals surface area contributed by atoms with E-state index in [4.69, 9.17) is 5.11 Å². The Morgan fingerprint density at radius 2 is 2.14 bits per heavy atom. The zero-order valence-electron chi connectivity index (χ0n) is 10.7. The van der Waals surface area contributed by atoms with Crippen LogP contribution < -0.4 is 5.32 Å². The molecule has 1 aliphatic rings. The molecule has 0 bridgehead atoms. The fourth-order valence-corrected chi connectivity index (χ4v) is 2.45. The second kappa shape index (κ2) is 5.97. The minimum atomic E-state index is -4.38. The molecule has 1 aliphatic heterocycles. The lowest BCUT2D eigenvalue weighted by Gasteiger charge is -2.14. The van der Waals surface area contributed by atoms with E-state index in [0.29, 0.717) is 29.8 Å². The van der Waals surface area contributed by atoms with Crippen LogP contribution in [0.2, 0.25) is 0 Å². The maximum atomic E-state index is 12.5. The van der Waals surface area contributed by atoms with E-state index in [1.54, 1.807) is 6.08 Å². The molecular formula is C13H12BrF3N2O2. The maximum absolute atomic E-state index is 12.5. The van der Waals surface area contributed by atoms with E-state index < -0.39 is 17.8 Å². The van der Waals surface area contributed by atoms with E-state index in [0.717, 1.165) is 17.7 Å². The van der Waals surface area contributed by atoms with Gasteiger partial charge in [-0.25, -0.2) is 4.79 Å². The summed E-state index contributed by atoms with van der Waals surface area (Å²) < 4.78 is 37.9. The number of rotatable bonds is 3. The number of amides is 1. The Morgan fingerprint density at radius 3 is 2.67 bits per heavy atom. The lowest BCUT2D eigenvalue weighted by atomic mass is 10.2. The van der Waals surface area contributed by atoms with Gasteiger partial charge in [-0.15, -0.1) is 0 Å². The van der Waals surface area contributed by atoms with Crippen LogP contribution in [0.3, 0.4) is 0 Å². The van der Waals surface area contributed by atoms with Crippen molar-refractivity contribution in [2.45, 2.75) is 6.18 Å². The molecule has 4 nitrogen and oxygen atoms in total. The van der Waals surface area contributed by atoms with Crippen LogP contribution in [0, 0.1) is 0 Å². The van der Waals surface area contributed by atoms with E-state index in [9.17, 15) is 18.0 Å². The van der Waals surface area contributed by atoms with Gasteiger partial charge in [0.2, 0.25) is 0 Å². The standard InChI is InChI=1S/C13H12BrF3N2O2/c14-10-5-9(13(15,16)17)1-2-11(10)18-6-8-3-4-19(7-8)12(20)21/h1-3,5,18H,4,6-7H2,(H,20,21). The molecule has 0 unspecified atom stereocenters. The third kappa shape index (κ3) is 3.90. The first-order valence-corrected chi connectivity index (χ1v) is 6.83. The lowest BCUT2D eigenvalue weighted by Crippen LogP contribution is -2.27. The molecule has 1 heterocycles. The summed E-state index contributed by atoms with van der Waals surface area (Å²) in [5.41, 5.74) is 0.680. The summed E-state index contributed by atoms with van der Waals surface area (Å²) in [6.07, 6.45) is -3.58. The quantitative estimate of drug-likeness (QED) is 0.802. The number of hydrogen-bond acceptors (Lipinski definition) is 2. The molecule has 2 rings (SSSR count). The summed E-state index contributed by atoms with van der Waals surface area (Å²) >= 11 is 3.10. The highest BCUT2D eigenvalue weighted by Crippen LogP contribution is 2.34. The van der Waals surface area contributed by atoms with Crippen LogP contribution in [0.4, 0.5) is 23.7 Å². The number of carbonyl (C=O) groups is 1. The largest absolute Gasteiger partial charge is 0.465 e. The highest BCUT2D eigenvalue weighted by Gasteiger charge is 2.30. The Balaban J connectivity index is 1.97. The first-order valence-electron chi connectivity index (χ1n) is 6.04. The average Bonchev–Trinajstić information content (AvgIpc) is 2.85. The van der Waals surface area contributed by atoms with Crippen LogP contribution in [0.1, 0.15) is 5.56 Å². The lowest BCUT2D eigenvalue weighted by molar-refractivity contribution is -0.137. The van der Waals surface area contributed by atoms with Crippen molar-refractivity contribution in [1.29, 1.82) is 0 Å². The van der Waals surface area contributed by atoms with Crippen LogP contribution in [-0.4, -0.2) is 35.7 Å². The SMILES string of the molecule is O=C(O)N1CC=C(CNc2ccc(C(F)(F)F)cc2Br)C1. The molecule has 0 radical (unpaired) electrons. The molecule has 0 spiro atoms. The third-order valence-corrected chi connectivity index (χ3v) is 3.72.